The summed E-state index contributed by atoms with van der Waals surface area (Å²) < 4.78 is 0. The zero-order valence-corrected chi connectivity index (χ0v) is 13.7. The molecular weight excluding hydrogens is 312 g/mol. The molecule has 2 rings (SSSR count). The molecule has 112 valence electrons. The highest BCUT2D eigenvalue weighted by Crippen LogP contribution is 2.23. The minimum atomic E-state index is -0.234. The normalized spacial score (nSPS) is 19.8. The van der Waals surface area contributed by atoms with Crippen LogP contribution >= 0.6 is 35.9 Å². The average molecular weight is 333 g/mol. The molecule has 2 atom stereocenters. The number of rotatable bonds is 5. The Hall–Kier alpha value is -0.360. The van der Waals surface area contributed by atoms with Gasteiger partial charge in [-0.2, -0.15) is 23.5 Å². The van der Waals surface area contributed by atoms with Crippen molar-refractivity contribution in [1.82, 2.24) is 5.32 Å². The van der Waals surface area contributed by atoms with Gasteiger partial charge in [0, 0.05) is 35.6 Å². The van der Waals surface area contributed by atoms with Gasteiger partial charge in [0.25, 0.3) is 0 Å². The van der Waals surface area contributed by atoms with Crippen LogP contribution in [0, 0.1) is 0 Å². The van der Waals surface area contributed by atoms with Crippen molar-refractivity contribution in [2.75, 3.05) is 30.3 Å². The summed E-state index contributed by atoms with van der Waals surface area (Å²) >= 11 is 3.92. The highest BCUT2D eigenvalue weighted by Gasteiger charge is 2.21. The summed E-state index contributed by atoms with van der Waals surface area (Å²) in [5.41, 5.74) is 6.74. The quantitative estimate of drug-likeness (QED) is 0.867. The average Bonchev–Trinajstić information content (AvgIpc) is 2.48. The third kappa shape index (κ3) is 5.20. The molecule has 1 saturated heterocycles. The van der Waals surface area contributed by atoms with Crippen molar-refractivity contribution in [3.05, 3.63) is 35.9 Å². The van der Waals surface area contributed by atoms with Gasteiger partial charge < -0.3 is 11.1 Å². The molecular formula is C14H21ClN2OS2. The Morgan fingerprint density at radius 2 is 2.10 bits per heavy atom. The highest BCUT2D eigenvalue weighted by atomic mass is 35.5. The van der Waals surface area contributed by atoms with Crippen molar-refractivity contribution in [1.29, 1.82) is 0 Å². The summed E-state index contributed by atoms with van der Waals surface area (Å²) in [6.45, 7) is 1.10. The fourth-order valence-corrected chi connectivity index (χ4v) is 4.68. The number of halogens is 1. The lowest BCUT2D eigenvalue weighted by Gasteiger charge is -2.22. The smallest absolute Gasteiger partial charge is 0.228 e. The maximum absolute atomic E-state index is 12.2. The van der Waals surface area contributed by atoms with Gasteiger partial charge >= 0.3 is 0 Å². The Morgan fingerprint density at radius 3 is 2.70 bits per heavy atom. The number of hydrogen-bond acceptors (Lipinski definition) is 4. The van der Waals surface area contributed by atoms with Crippen LogP contribution in [0.5, 0.6) is 0 Å². The predicted octanol–water partition coefficient (Wildman–Crippen LogP) is 2.12. The summed E-state index contributed by atoms with van der Waals surface area (Å²) in [7, 11) is 0. The van der Waals surface area contributed by atoms with Crippen LogP contribution in [-0.4, -0.2) is 41.5 Å². The second-order valence-corrected chi connectivity index (χ2v) is 7.07. The maximum atomic E-state index is 12.2. The molecule has 1 aromatic carbocycles. The van der Waals surface area contributed by atoms with Crippen LogP contribution in [0.4, 0.5) is 0 Å². The summed E-state index contributed by atoms with van der Waals surface area (Å²) in [5, 5.41) is 3.59. The minimum Gasteiger partial charge on any atom is -0.354 e. The molecule has 6 heteroatoms. The van der Waals surface area contributed by atoms with Crippen molar-refractivity contribution in [2.24, 2.45) is 5.73 Å². The molecule has 0 aliphatic carbocycles. The number of carbonyl (C=O) groups is 1. The molecule has 1 heterocycles. The molecule has 2 unspecified atom stereocenters. The fourth-order valence-electron chi connectivity index (χ4n) is 2.07. The van der Waals surface area contributed by atoms with E-state index in [1.165, 1.54) is 11.5 Å². The third-order valence-corrected chi connectivity index (χ3v) is 5.99. The topological polar surface area (TPSA) is 55.1 Å². The Morgan fingerprint density at radius 1 is 1.35 bits per heavy atom. The number of carbonyl (C=O) groups excluding carboxylic acids is 1. The highest BCUT2D eigenvalue weighted by molar-refractivity contribution is 8.06. The van der Waals surface area contributed by atoms with Crippen LogP contribution in [0.15, 0.2) is 30.3 Å². The Labute approximate surface area is 135 Å². The lowest BCUT2D eigenvalue weighted by Crippen LogP contribution is -2.38. The molecule has 0 saturated carbocycles. The lowest BCUT2D eigenvalue weighted by atomic mass is 9.98. The number of amides is 1. The largest absolute Gasteiger partial charge is 0.354 e. The van der Waals surface area contributed by atoms with E-state index in [2.05, 4.69) is 5.32 Å². The van der Waals surface area contributed by atoms with Crippen LogP contribution in [-0.2, 0) is 4.79 Å². The Bertz CT molecular complexity index is 399. The van der Waals surface area contributed by atoms with E-state index in [9.17, 15) is 4.79 Å². The minimum absolute atomic E-state index is 0. The zero-order valence-electron chi connectivity index (χ0n) is 11.3. The SMILES string of the molecule is Cl.NCC(C(=O)NCC1CSCCS1)c1ccccc1. The van der Waals surface area contributed by atoms with E-state index < -0.39 is 0 Å². The first-order chi connectivity index (χ1) is 9.31. The molecule has 0 bridgehead atoms. The molecule has 1 aliphatic rings. The molecule has 1 fully saturated rings. The molecule has 0 radical (unpaired) electrons. The van der Waals surface area contributed by atoms with Crippen LogP contribution < -0.4 is 11.1 Å². The van der Waals surface area contributed by atoms with Gasteiger partial charge in [0.1, 0.15) is 0 Å². The summed E-state index contributed by atoms with van der Waals surface area (Å²) in [6, 6.07) is 9.76. The maximum Gasteiger partial charge on any atom is 0.228 e. The van der Waals surface area contributed by atoms with E-state index in [0.717, 1.165) is 17.9 Å². The number of thioether (sulfide) groups is 2. The van der Waals surface area contributed by atoms with Gasteiger partial charge in [-0.05, 0) is 5.56 Å². The first kappa shape index (κ1) is 17.7. The fraction of sp³-hybridized carbons (Fsp3) is 0.500. The van der Waals surface area contributed by atoms with E-state index in [1.807, 2.05) is 53.9 Å². The van der Waals surface area contributed by atoms with Crippen molar-refractivity contribution in [2.45, 2.75) is 11.2 Å². The molecule has 0 spiro atoms. The number of hydrogen-bond donors (Lipinski definition) is 2. The molecule has 1 aromatic rings. The van der Waals surface area contributed by atoms with E-state index in [4.69, 9.17) is 5.73 Å². The van der Waals surface area contributed by atoms with Crippen molar-refractivity contribution in [3.8, 4) is 0 Å². The molecule has 1 aliphatic heterocycles. The van der Waals surface area contributed by atoms with E-state index in [1.54, 1.807) is 0 Å². The monoisotopic (exact) mass is 332 g/mol. The van der Waals surface area contributed by atoms with Crippen molar-refractivity contribution in [3.63, 3.8) is 0 Å². The number of nitrogens with one attached hydrogen (secondary N) is 1. The van der Waals surface area contributed by atoms with E-state index in [0.29, 0.717) is 11.8 Å². The van der Waals surface area contributed by atoms with E-state index >= 15 is 0 Å². The van der Waals surface area contributed by atoms with Crippen LogP contribution in [0.2, 0.25) is 0 Å². The number of nitrogens with two attached hydrogens (primary N) is 1. The first-order valence-electron chi connectivity index (χ1n) is 6.53. The standard InChI is InChI=1S/C14H20N2OS2.ClH/c15-8-13(11-4-2-1-3-5-11)14(17)16-9-12-10-18-6-7-19-12;/h1-5,12-13H,6-10,15H2,(H,16,17);1H. The first-order valence-corrected chi connectivity index (χ1v) is 8.73. The van der Waals surface area contributed by atoms with Gasteiger partial charge in [0.05, 0.1) is 5.92 Å². The molecule has 20 heavy (non-hydrogen) atoms. The summed E-state index contributed by atoms with van der Waals surface area (Å²) in [6.07, 6.45) is 0. The van der Waals surface area contributed by atoms with Gasteiger partial charge in [-0.25, -0.2) is 0 Å². The summed E-state index contributed by atoms with van der Waals surface area (Å²) in [5.74, 6) is 3.35. The van der Waals surface area contributed by atoms with Crippen molar-refractivity contribution < 1.29 is 4.79 Å². The van der Waals surface area contributed by atoms with Gasteiger partial charge in [0.2, 0.25) is 5.91 Å². The lowest BCUT2D eigenvalue weighted by molar-refractivity contribution is -0.122. The van der Waals surface area contributed by atoms with Gasteiger partial charge in [-0.1, -0.05) is 30.3 Å². The summed E-state index contributed by atoms with van der Waals surface area (Å²) in [4.78, 5) is 12.2. The van der Waals surface area contributed by atoms with Crippen LogP contribution in [0.1, 0.15) is 11.5 Å². The molecule has 3 N–H and O–H groups in total. The Balaban J connectivity index is 0.00000200. The van der Waals surface area contributed by atoms with Crippen LogP contribution in [0.25, 0.3) is 0 Å². The number of benzene rings is 1. The van der Waals surface area contributed by atoms with Crippen molar-refractivity contribution >= 4 is 41.8 Å². The zero-order chi connectivity index (χ0) is 13.5. The van der Waals surface area contributed by atoms with Gasteiger partial charge in [-0.3, -0.25) is 4.79 Å². The Kier molecular flexibility index (Phi) is 8.45. The molecule has 1 amide bonds. The third-order valence-electron chi connectivity index (χ3n) is 3.14. The second-order valence-electron chi connectivity index (χ2n) is 4.51. The molecule has 0 aromatic heterocycles. The predicted molar refractivity (Wildman–Crippen MR) is 92.1 cm³/mol. The van der Waals surface area contributed by atoms with Crippen LogP contribution in [0.3, 0.4) is 0 Å². The molecule has 3 nitrogen and oxygen atoms in total. The van der Waals surface area contributed by atoms with Gasteiger partial charge in [-0.15, -0.1) is 12.4 Å². The second kappa shape index (κ2) is 9.55. The van der Waals surface area contributed by atoms with Gasteiger partial charge in [0.15, 0.2) is 0 Å². The van der Waals surface area contributed by atoms with E-state index in [-0.39, 0.29) is 24.2 Å².